The van der Waals surface area contributed by atoms with Gasteiger partial charge in [-0.3, -0.25) is 0 Å². The predicted octanol–water partition coefficient (Wildman–Crippen LogP) is 2.60. The number of aliphatic hydroxyl groups is 1. The quantitative estimate of drug-likeness (QED) is 0.904. The number of rotatable bonds is 2. The molecule has 1 aromatic rings. The lowest BCUT2D eigenvalue weighted by atomic mass is 10.0. The third-order valence-electron chi connectivity index (χ3n) is 3.43. The fourth-order valence-electron chi connectivity index (χ4n) is 2.49. The van der Waals surface area contributed by atoms with Crippen LogP contribution in [0.3, 0.4) is 0 Å². The van der Waals surface area contributed by atoms with E-state index in [2.05, 4.69) is 0 Å². The number of nitrogens with zero attached hydrogens (tertiary/aromatic N) is 1. The summed E-state index contributed by atoms with van der Waals surface area (Å²) < 4.78 is 5.41. The molecule has 1 aliphatic heterocycles. The first kappa shape index (κ1) is 14.9. The van der Waals surface area contributed by atoms with Crippen LogP contribution in [0.15, 0.2) is 30.3 Å². The molecule has 1 unspecified atom stereocenters. The number of aliphatic hydroxyl groups excluding tert-OH is 1. The van der Waals surface area contributed by atoms with Crippen LogP contribution in [-0.4, -0.2) is 40.4 Å². The van der Waals surface area contributed by atoms with Crippen LogP contribution in [0.25, 0.3) is 0 Å². The second-order valence-electron chi connectivity index (χ2n) is 6.29. The lowest BCUT2D eigenvalue weighted by Gasteiger charge is -2.29. The molecule has 1 amide bonds. The number of likely N-dealkylation sites (tertiary alicyclic amines) is 1. The smallest absolute Gasteiger partial charge is 0.410 e. The minimum Gasteiger partial charge on any atom is -0.444 e. The summed E-state index contributed by atoms with van der Waals surface area (Å²) in [6.45, 7) is 6.10. The zero-order chi connectivity index (χ0) is 14.8. The molecule has 1 saturated heterocycles. The highest BCUT2D eigenvalue weighted by molar-refractivity contribution is 5.69. The van der Waals surface area contributed by atoms with Crippen molar-refractivity contribution in [1.29, 1.82) is 0 Å². The molecule has 0 saturated carbocycles. The average molecular weight is 277 g/mol. The van der Waals surface area contributed by atoms with E-state index >= 15 is 0 Å². The van der Waals surface area contributed by atoms with Crippen molar-refractivity contribution >= 4 is 6.09 Å². The van der Waals surface area contributed by atoms with Crippen LogP contribution >= 0.6 is 0 Å². The van der Waals surface area contributed by atoms with Gasteiger partial charge in [0.15, 0.2) is 0 Å². The molecular formula is C16H23NO3. The highest BCUT2D eigenvalue weighted by Crippen LogP contribution is 2.24. The van der Waals surface area contributed by atoms with E-state index in [1.807, 2.05) is 51.1 Å². The maximum absolute atomic E-state index is 12.2. The highest BCUT2D eigenvalue weighted by Gasteiger charge is 2.37. The summed E-state index contributed by atoms with van der Waals surface area (Å²) in [5.74, 6) is 0. The monoisotopic (exact) mass is 277 g/mol. The van der Waals surface area contributed by atoms with Crippen molar-refractivity contribution in [2.75, 3.05) is 6.54 Å². The summed E-state index contributed by atoms with van der Waals surface area (Å²) in [5, 5.41) is 10.1. The van der Waals surface area contributed by atoms with E-state index in [0.717, 1.165) is 5.56 Å². The first-order chi connectivity index (χ1) is 9.37. The van der Waals surface area contributed by atoms with Crippen molar-refractivity contribution in [2.24, 2.45) is 0 Å². The topological polar surface area (TPSA) is 49.8 Å². The number of hydrogen-bond acceptors (Lipinski definition) is 3. The first-order valence-corrected chi connectivity index (χ1v) is 7.08. The standard InChI is InChI=1S/C16H23NO3/c1-16(2,3)20-15(19)17-10-9-14(18)13(17)11-12-7-5-4-6-8-12/h4-8,13-14,18H,9-11H2,1-3H3/t13?,14-/m0/s1. The highest BCUT2D eigenvalue weighted by atomic mass is 16.6. The number of carbonyl (C=O) groups excluding carboxylic acids is 1. The van der Waals surface area contributed by atoms with Crippen molar-refractivity contribution in [3.05, 3.63) is 35.9 Å². The Hall–Kier alpha value is -1.55. The Balaban J connectivity index is 2.07. The van der Waals surface area contributed by atoms with Crippen LogP contribution in [0.5, 0.6) is 0 Å². The van der Waals surface area contributed by atoms with Gasteiger partial charge in [-0.2, -0.15) is 0 Å². The number of ether oxygens (including phenoxy) is 1. The van der Waals surface area contributed by atoms with Gasteiger partial charge in [0.05, 0.1) is 12.1 Å². The van der Waals surface area contributed by atoms with Crippen molar-refractivity contribution in [3.63, 3.8) is 0 Å². The molecule has 1 heterocycles. The Morgan fingerprint density at radius 2 is 2.00 bits per heavy atom. The second kappa shape index (κ2) is 5.83. The fourth-order valence-corrected chi connectivity index (χ4v) is 2.49. The van der Waals surface area contributed by atoms with Crippen LogP contribution in [0.2, 0.25) is 0 Å². The average Bonchev–Trinajstić information content (AvgIpc) is 2.70. The molecule has 2 rings (SSSR count). The predicted molar refractivity (Wildman–Crippen MR) is 77.5 cm³/mol. The minimum atomic E-state index is -0.512. The van der Waals surface area contributed by atoms with E-state index < -0.39 is 11.7 Å². The summed E-state index contributed by atoms with van der Waals surface area (Å²) in [6, 6.07) is 9.71. The van der Waals surface area contributed by atoms with Gasteiger partial charge in [-0.25, -0.2) is 4.79 Å². The van der Waals surface area contributed by atoms with Gasteiger partial charge in [0.1, 0.15) is 5.60 Å². The molecule has 1 aliphatic rings. The largest absolute Gasteiger partial charge is 0.444 e. The van der Waals surface area contributed by atoms with Crippen molar-refractivity contribution < 1.29 is 14.6 Å². The number of amides is 1. The van der Waals surface area contributed by atoms with E-state index in [0.29, 0.717) is 19.4 Å². The van der Waals surface area contributed by atoms with Gasteiger partial charge in [0.2, 0.25) is 0 Å². The zero-order valence-corrected chi connectivity index (χ0v) is 12.4. The lowest BCUT2D eigenvalue weighted by molar-refractivity contribution is 0.0156. The Kier molecular flexibility index (Phi) is 4.33. The Morgan fingerprint density at radius 1 is 1.35 bits per heavy atom. The molecule has 4 nitrogen and oxygen atoms in total. The number of carbonyl (C=O) groups is 1. The molecule has 0 radical (unpaired) electrons. The molecule has 2 atom stereocenters. The minimum absolute atomic E-state index is 0.202. The van der Waals surface area contributed by atoms with Crippen LogP contribution in [0.1, 0.15) is 32.8 Å². The molecule has 0 bridgehead atoms. The van der Waals surface area contributed by atoms with Crippen LogP contribution in [0, 0.1) is 0 Å². The van der Waals surface area contributed by atoms with Crippen molar-refractivity contribution in [1.82, 2.24) is 4.90 Å². The molecule has 20 heavy (non-hydrogen) atoms. The molecule has 1 fully saturated rings. The first-order valence-electron chi connectivity index (χ1n) is 7.08. The van der Waals surface area contributed by atoms with Gasteiger partial charge >= 0.3 is 6.09 Å². The summed E-state index contributed by atoms with van der Waals surface area (Å²) in [5.41, 5.74) is 0.606. The van der Waals surface area contributed by atoms with E-state index in [1.165, 1.54) is 0 Å². The maximum Gasteiger partial charge on any atom is 0.410 e. The molecule has 4 heteroatoms. The van der Waals surface area contributed by atoms with Gasteiger partial charge in [-0.1, -0.05) is 30.3 Å². The third-order valence-corrected chi connectivity index (χ3v) is 3.43. The molecule has 110 valence electrons. The van der Waals surface area contributed by atoms with Gasteiger partial charge in [-0.05, 0) is 39.2 Å². The van der Waals surface area contributed by atoms with E-state index in [4.69, 9.17) is 4.74 Å². The van der Waals surface area contributed by atoms with E-state index in [1.54, 1.807) is 4.90 Å². The van der Waals surface area contributed by atoms with E-state index in [-0.39, 0.29) is 12.1 Å². The molecule has 0 aromatic heterocycles. The van der Waals surface area contributed by atoms with Crippen molar-refractivity contribution in [3.8, 4) is 0 Å². The molecule has 1 N–H and O–H groups in total. The zero-order valence-electron chi connectivity index (χ0n) is 12.4. The molecular weight excluding hydrogens is 254 g/mol. The SMILES string of the molecule is CC(C)(C)OC(=O)N1CC[C@H](O)C1Cc1ccccc1. The van der Waals surface area contributed by atoms with Crippen LogP contribution in [-0.2, 0) is 11.2 Å². The van der Waals surface area contributed by atoms with Gasteiger partial charge in [-0.15, -0.1) is 0 Å². The Bertz CT molecular complexity index is 453. The maximum atomic E-state index is 12.2. The number of benzene rings is 1. The normalized spacial score (nSPS) is 22.9. The Labute approximate surface area is 120 Å². The summed E-state index contributed by atoms with van der Waals surface area (Å²) in [7, 11) is 0. The Morgan fingerprint density at radius 3 is 2.60 bits per heavy atom. The third kappa shape index (κ3) is 3.73. The summed E-state index contributed by atoms with van der Waals surface area (Å²) >= 11 is 0. The van der Waals surface area contributed by atoms with Crippen molar-refractivity contribution in [2.45, 2.75) is 51.4 Å². The van der Waals surface area contributed by atoms with Crippen LogP contribution in [0.4, 0.5) is 4.79 Å². The molecule has 0 aliphatic carbocycles. The molecule has 1 aromatic carbocycles. The van der Waals surface area contributed by atoms with Gasteiger partial charge in [0, 0.05) is 6.54 Å². The molecule has 0 spiro atoms. The fraction of sp³-hybridized carbons (Fsp3) is 0.562. The second-order valence-corrected chi connectivity index (χ2v) is 6.29. The number of hydrogen-bond donors (Lipinski definition) is 1. The summed E-state index contributed by atoms with van der Waals surface area (Å²) in [4.78, 5) is 13.9. The lowest BCUT2D eigenvalue weighted by Crippen LogP contribution is -2.43. The van der Waals surface area contributed by atoms with Gasteiger partial charge in [0.25, 0.3) is 0 Å². The van der Waals surface area contributed by atoms with Gasteiger partial charge < -0.3 is 14.7 Å². The summed E-state index contributed by atoms with van der Waals surface area (Å²) in [6.07, 6.45) is 0.440. The van der Waals surface area contributed by atoms with Crippen LogP contribution < -0.4 is 0 Å². The van der Waals surface area contributed by atoms with E-state index in [9.17, 15) is 9.90 Å².